The van der Waals surface area contributed by atoms with Crippen LogP contribution in [0.4, 0.5) is 0 Å². The van der Waals surface area contributed by atoms with Crippen molar-refractivity contribution >= 4 is 34.2 Å². The molecular weight excluding hydrogens is 398 g/mol. The normalized spacial score (nSPS) is 16.3. The van der Waals surface area contributed by atoms with Gasteiger partial charge >= 0.3 is 0 Å². The molecule has 1 aliphatic rings. The molecule has 1 aliphatic heterocycles. The first kappa shape index (κ1) is 19.0. The number of amides is 1. The maximum absolute atomic E-state index is 12.3. The number of hydrogen-bond donors (Lipinski definition) is 1. The van der Waals surface area contributed by atoms with Crippen molar-refractivity contribution in [3.8, 4) is 11.4 Å². The zero-order chi connectivity index (χ0) is 20.3. The summed E-state index contributed by atoms with van der Waals surface area (Å²) in [5, 5.41) is 9.22. The highest BCUT2D eigenvalue weighted by molar-refractivity contribution is 7.99. The minimum absolute atomic E-state index is 0.0398. The van der Waals surface area contributed by atoms with Crippen LogP contribution in [0.5, 0.6) is 0 Å². The third-order valence-electron chi connectivity index (χ3n) is 5.06. The standard InChI is InChI=1S/C22H21N5O2S/c28-19(23-13-16-9-6-12-29-16)14-30-22-24-18-11-5-4-10-17(18)21-25-20(26-27(21)22)15-7-2-1-3-8-15/h1-5,7-8,10-11,16H,6,9,12-14H2,(H,23,28). The van der Waals surface area contributed by atoms with E-state index in [1.54, 1.807) is 4.52 Å². The van der Waals surface area contributed by atoms with Gasteiger partial charge in [-0.3, -0.25) is 4.79 Å². The summed E-state index contributed by atoms with van der Waals surface area (Å²) in [4.78, 5) is 21.8. The number of carbonyl (C=O) groups excluding carboxylic acids is 1. The number of para-hydroxylation sites is 1. The molecule has 2 aromatic carbocycles. The van der Waals surface area contributed by atoms with E-state index < -0.39 is 0 Å². The molecule has 1 amide bonds. The van der Waals surface area contributed by atoms with Gasteiger partial charge in [-0.2, -0.15) is 4.52 Å². The molecule has 0 aliphatic carbocycles. The molecule has 1 unspecified atom stereocenters. The monoisotopic (exact) mass is 419 g/mol. The first-order valence-corrected chi connectivity index (χ1v) is 11.0. The van der Waals surface area contributed by atoms with E-state index in [1.165, 1.54) is 11.8 Å². The lowest BCUT2D eigenvalue weighted by atomic mass is 10.2. The van der Waals surface area contributed by atoms with E-state index in [0.29, 0.717) is 17.5 Å². The second-order valence-electron chi connectivity index (χ2n) is 7.18. The summed E-state index contributed by atoms with van der Waals surface area (Å²) in [6.07, 6.45) is 2.19. The molecule has 1 saturated heterocycles. The van der Waals surface area contributed by atoms with Gasteiger partial charge in [0, 0.05) is 24.1 Å². The molecule has 3 heterocycles. The summed E-state index contributed by atoms with van der Waals surface area (Å²) in [5.74, 6) is 0.855. The molecule has 0 spiro atoms. The van der Waals surface area contributed by atoms with Crippen molar-refractivity contribution in [1.29, 1.82) is 0 Å². The van der Waals surface area contributed by atoms with Crippen LogP contribution in [-0.4, -0.2) is 50.5 Å². The molecule has 4 aromatic rings. The number of carbonyl (C=O) groups is 1. The average molecular weight is 420 g/mol. The number of ether oxygens (including phenoxy) is 1. The van der Waals surface area contributed by atoms with Gasteiger partial charge in [-0.25, -0.2) is 9.97 Å². The number of hydrogen-bond acceptors (Lipinski definition) is 6. The molecular formula is C22H21N5O2S. The van der Waals surface area contributed by atoms with E-state index in [-0.39, 0.29) is 17.8 Å². The van der Waals surface area contributed by atoms with Crippen LogP contribution in [0.15, 0.2) is 59.8 Å². The molecule has 8 heteroatoms. The second-order valence-corrected chi connectivity index (χ2v) is 8.12. The molecule has 1 fully saturated rings. The van der Waals surface area contributed by atoms with Crippen molar-refractivity contribution in [2.75, 3.05) is 18.9 Å². The van der Waals surface area contributed by atoms with Gasteiger partial charge in [0.25, 0.3) is 0 Å². The van der Waals surface area contributed by atoms with E-state index in [4.69, 9.17) is 19.8 Å². The Labute approximate surface area is 177 Å². The van der Waals surface area contributed by atoms with E-state index in [1.807, 2.05) is 54.6 Å². The quantitative estimate of drug-likeness (QED) is 0.381. The van der Waals surface area contributed by atoms with Crippen molar-refractivity contribution in [1.82, 2.24) is 24.9 Å². The van der Waals surface area contributed by atoms with E-state index in [0.717, 1.165) is 41.6 Å². The van der Waals surface area contributed by atoms with Crippen LogP contribution in [-0.2, 0) is 9.53 Å². The van der Waals surface area contributed by atoms with Crippen molar-refractivity contribution in [2.45, 2.75) is 24.1 Å². The van der Waals surface area contributed by atoms with Gasteiger partial charge < -0.3 is 10.1 Å². The molecule has 2 aromatic heterocycles. The fourth-order valence-electron chi connectivity index (χ4n) is 3.55. The molecule has 0 radical (unpaired) electrons. The topological polar surface area (TPSA) is 81.4 Å². The molecule has 0 bridgehead atoms. The Morgan fingerprint density at radius 3 is 2.80 bits per heavy atom. The van der Waals surface area contributed by atoms with Gasteiger partial charge in [0.15, 0.2) is 16.6 Å². The Hall–Kier alpha value is -2.97. The Morgan fingerprint density at radius 2 is 1.97 bits per heavy atom. The summed E-state index contributed by atoms with van der Waals surface area (Å²) in [7, 11) is 0. The molecule has 1 atom stereocenters. The summed E-state index contributed by atoms with van der Waals surface area (Å²) in [5.41, 5.74) is 2.51. The van der Waals surface area contributed by atoms with Crippen LogP contribution in [0, 0.1) is 0 Å². The Kier molecular flexibility index (Phi) is 5.33. The number of rotatable bonds is 6. The minimum atomic E-state index is -0.0398. The fourth-order valence-corrected chi connectivity index (χ4v) is 4.32. The first-order valence-electron chi connectivity index (χ1n) is 10.00. The fraction of sp³-hybridized carbons (Fsp3) is 0.273. The summed E-state index contributed by atoms with van der Waals surface area (Å²) in [6, 6.07) is 17.7. The van der Waals surface area contributed by atoms with Gasteiger partial charge in [0.05, 0.1) is 17.4 Å². The molecule has 5 rings (SSSR count). The third kappa shape index (κ3) is 3.88. The third-order valence-corrected chi connectivity index (χ3v) is 5.99. The predicted molar refractivity (Wildman–Crippen MR) is 116 cm³/mol. The zero-order valence-electron chi connectivity index (χ0n) is 16.3. The van der Waals surface area contributed by atoms with Gasteiger partial charge in [-0.1, -0.05) is 54.2 Å². The van der Waals surface area contributed by atoms with Crippen LogP contribution in [0.1, 0.15) is 12.8 Å². The Bertz CT molecular complexity index is 1190. The molecule has 7 nitrogen and oxygen atoms in total. The first-order chi connectivity index (χ1) is 14.8. The van der Waals surface area contributed by atoms with Crippen LogP contribution in [0.25, 0.3) is 27.9 Å². The highest BCUT2D eigenvalue weighted by Crippen LogP contribution is 2.26. The van der Waals surface area contributed by atoms with Crippen LogP contribution in [0.2, 0.25) is 0 Å². The van der Waals surface area contributed by atoms with Crippen molar-refractivity contribution < 1.29 is 9.53 Å². The minimum Gasteiger partial charge on any atom is -0.376 e. The van der Waals surface area contributed by atoms with Crippen molar-refractivity contribution in [2.24, 2.45) is 0 Å². The summed E-state index contributed by atoms with van der Waals surface area (Å²) >= 11 is 1.36. The number of nitrogens with one attached hydrogen (secondary N) is 1. The lowest BCUT2D eigenvalue weighted by molar-refractivity contribution is -0.119. The van der Waals surface area contributed by atoms with E-state index >= 15 is 0 Å². The number of nitrogens with zero attached hydrogens (tertiary/aromatic N) is 4. The number of fused-ring (bicyclic) bond motifs is 3. The van der Waals surface area contributed by atoms with Gasteiger partial charge in [-0.05, 0) is 25.0 Å². The van der Waals surface area contributed by atoms with Gasteiger partial charge in [0.2, 0.25) is 5.91 Å². The number of aromatic nitrogens is 4. The largest absolute Gasteiger partial charge is 0.376 e. The zero-order valence-corrected chi connectivity index (χ0v) is 17.1. The highest BCUT2D eigenvalue weighted by Gasteiger charge is 2.18. The van der Waals surface area contributed by atoms with E-state index in [9.17, 15) is 4.79 Å². The predicted octanol–water partition coefficient (Wildman–Crippen LogP) is 3.33. The van der Waals surface area contributed by atoms with Gasteiger partial charge in [-0.15, -0.1) is 5.10 Å². The number of benzene rings is 2. The molecule has 1 N–H and O–H groups in total. The maximum atomic E-state index is 12.3. The summed E-state index contributed by atoms with van der Waals surface area (Å²) in [6.45, 7) is 1.34. The smallest absolute Gasteiger partial charge is 0.230 e. The average Bonchev–Trinajstić information content (AvgIpc) is 3.47. The molecule has 152 valence electrons. The second kappa shape index (κ2) is 8.41. The van der Waals surface area contributed by atoms with Crippen LogP contribution in [0.3, 0.4) is 0 Å². The van der Waals surface area contributed by atoms with Gasteiger partial charge in [0.1, 0.15) is 0 Å². The van der Waals surface area contributed by atoms with Crippen molar-refractivity contribution in [3.05, 3.63) is 54.6 Å². The van der Waals surface area contributed by atoms with Crippen LogP contribution >= 0.6 is 11.8 Å². The highest BCUT2D eigenvalue weighted by atomic mass is 32.2. The number of thioether (sulfide) groups is 1. The van der Waals surface area contributed by atoms with E-state index in [2.05, 4.69) is 5.32 Å². The van der Waals surface area contributed by atoms with Crippen molar-refractivity contribution in [3.63, 3.8) is 0 Å². The Morgan fingerprint density at radius 1 is 1.13 bits per heavy atom. The molecule has 0 saturated carbocycles. The molecule has 30 heavy (non-hydrogen) atoms. The lowest BCUT2D eigenvalue weighted by Gasteiger charge is -2.10. The SMILES string of the molecule is O=C(CSc1nc2ccccc2c2nc(-c3ccccc3)nn12)NCC1CCCO1. The van der Waals surface area contributed by atoms with Crippen LogP contribution < -0.4 is 5.32 Å². The summed E-state index contributed by atoms with van der Waals surface area (Å²) < 4.78 is 7.30. The maximum Gasteiger partial charge on any atom is 0.230 e. The lowest BCUT2D eigenvalue weighted by Crippen LogP contribution is -2.32. The Balaban J connectivity index is 1.43.